The Morgan fingerprint density at radius 1 is 1.17 bits per heavy atom. The van der Waals surface area contributed by atoms with Crippen molar-refractivity contribution in [1.29, 1.82) is 0 Å². The van der Waals surface area contributed by atoms with Crippen LogP contribution < -0.4 is 25.2 Å². The molecule has 2 rings (SSSR count). The number of urea groups is 1. The lowest BCUT2D eigenvalue weighted by Crippen LogP contribution is -3.29. The largest absolute Gasteiger partial charge is 0.497 e. The van der Waals surface area contributed by atoms with Crippen molar-refractivity contribution < 1.29 is 24.1 Å². The molecule has 3 amide bonds. The molecule has 0 saturated carbocycles. The highest BCUT2D eigenvalue weighted by atomic mass is 16.5. The smallest absolute Gasteiger partial charge is 0.321 e. The van der Waals surface area contributed by atoms with E-state index in [9.17, 15) is 9.59 Å². The second-order valence-electron chi connectivity index (χ2n) is 6.22. The minimum absolute atomic E-state index is 0.218. The molecule has 1 aromatic carbocycles. The third-order valence-electron chi connectivity index (χ3n) is 4.68. The molecule has 7 nitrogen and oxygen atoms in total. The van der Waals surface area contributed by atoms with E-state index in [0.717, 1.165) is 38.5 Å². The lowest BCUT2D eigenvalue weighted by Gasteiger charge is -2.32. The maximum absolute atomic E-state index is 12.0. The van der Waals surface area contributed by atoms with Gasteiger partial charge in [0.1, 0.15) is 38.5 Å². The normalized spacial score (nSPS) is 21.6. The number of carbonyl (C=O) groups excluding carboxylic acids is 2. The molecule has 0 radical (unpaired) electrons. The summed E-state index contributed by atoms with van der Waals surface area (Å²) in [5.74, 6) is 0.655. The van der Waals surface area contributed by atoms with Gasteiger partial charge in [-0.3, -0.25) is 10.1 Å². The summed E-state index contributed by atoms with van der Waals surface area (Å²) in [6.45, 7) is 6.73. The molecule has 0 unspecified atom stereocenters. The fourth-order valence-corrected chi connectivity index (χ4v) is 3.03. The summed E-state index contributed by atoms with van der Waals surface area (Å²) in [7, 11) is 3.17. The number of imide groups is 1. The van der Waals surface area contributed by atoms with Crippen molar-refractivity contribution in [2.75, 3.05) is 40.3 Å². The van der Waals surface area contributed by atoms with E-state index in [4.69, 9.17) is 4.74 Å². The van der Waals surface area contributed by atoms with Gasteiger partial charge in [-0.1, -0.05) is 0 Å². The average Bonchev–Trinajstić information content (AvgIpc) is 2.62. The van der Waals surface area contributed by atoms with Crippen LogP contribution in [0.25, 0.3) is 0 Å². The van der Waals surface area contributed by atoms with Crippen LogP contribution in [-0.2, 0) is 11.3 Å². The molecule has 1 aliphatic heterocycles. The van der Waals surface area contributed by atoms with Gasteiger partial charge in [0, 0.05) is 12.6 Å². The Hall–Kier alpha value is -2.12. The van der Waals surface area contributed by atoms with Crippen LogP contribution in [0.1, 0.15) is 12.5 Å². The first kappa shape index (κ1) is 18.2. The quantitative estimate of drug-likeness (QED) is 0.494. The van der Waals surface area contributed by atoms with E-state index >= 15 is 0 Å². The Balaban J connectivity index is 1.79. The number of hydrogen-bond acceptors (Lipinski definition) is 3. The fraction of sp³-hybridized carbons (Fsp3) is 0.529. The SMILES string of the molecule is CNC(=O)NC(=O)[C@H](C)[NH+]1CC[NH+](Cc2ccc(OC)cc2)CC1. The lowest BCUT2D eigenvalue weighted by molar-refractivity contribution is -1.02. The van der Waals surface area contributed by atoms with Crippen LogP contribution in [0.5, 0.6) is 5.75 Å². The van der Waals surface area contributed by atoms with Crippen LogP contribution in [0.3, 0.4) is 0 Å². The van der Waals surface area contributed by atoms with Crippen molar-refractivity contribution in [2.45, 2.75) is 19.5 Å². The van der Waals surface area contributed by atoms with Crippen molar-refractivity contribution in [3.8, 4) is 5.75 Å². The molecule has 1 saturated heterocycles. The summed E-state index contributed by atoms with van der Waals surface area (Å²) in [4.78, 5) is 26.0. The highest BCUT2D eigenvalue weighted by Gasteiger charge is 2.31. The van der Waals surface area contributed by atoms with Crippen LogP contribution >= 0.6 is 0 Å². The summed E-state index contributed by atoms with van der Waals surface area (Å²) in [6.07, 6.45) is 0. The molecule has 0 bridgehead atoms. The number of benzene rings is 1. The van der Waals surface area contributed by atoms with Crippen LogP contribution in [0, 0.1) is 0 Å². The number of ether oxygens (including phenoxy) is 1. The molecule has 0 spiro atoms. The maximum Gasteiger partial charge on any atom is 0.321 e. The zero-order valence-corrected chi connectivity index (χ0v) is 14.6. The molecular formula is C17H28N4O3+2. The highest BCUT2D eigenvalue weighted by Crippen LogP contribution is 2.10. The molecule has 0 aliphatic carbocycles. The summed E-state index contributed by atoms with van der Waals surface area (Å²) >= 11 is 0. The number of piperazine rings is 1. The second-order valence-corrected chi connectivity index (χ2v) is 6.22. The van der Waals surface area contributed by atoms with Gasteiger partial charge in [0.05, 0.1) is 7.11 Å². The summed E-state index contributed by atoms with van der Waals surface area (Å²) in [5.41, 5.74) is 1.29. The Labute approximate surface area is 142 Å². The maximum atomic E-state index is 12.0. The monoisotopic (exact) mass is 336 g/mol. The second kappa shape index (κ2) is 8.65. The average molecular weight is 336 g/mol. The number of hydrogen-bond donors (Lipinski definition) is 4. The number of amides is 3. The summed E-state index contributed by atoms with van der Waals surface area (Å²) in [6, 6.07) is 7.51. The highest BCUT2D eigenvalue weighted by molar-refractivity contribution is 5.96. The molecule has 1 aliphatic rings. The van der Waals surface area contributed by atoms with Gasteiger partial charge in [0.25, 0.3) is 5.91 Å². The van der Waals surface area contributed by atoms with Crippen molar-refractivity contribution in [1.82, 2.24) is 10.6 Å². The van der Waals surface area contributed by atoms with Gasteiger partial charge in [0.15, 0.2) is 6.04 Å². The van der Waals surface area contributed by atoms with Gasteiger partial charge in [-0.15, -0.1) is 0 Å². The third kappa shape index (κ3) is 4.94. The van der Waals surface area contributed by atoms with Crippen LogP contribution in [0.15, 0.2) is 24.3 Å². The first-order chi connectivity index (χ1) is 11.5. The Bertz CT molecular complexity index is 553. The van der Waals surface area contributed by atoms with Gasteiger partial charge >= 0.3 is 6.03 Å². The molecule has 132 valence electrons. The van der Waals surface area contributed by atoms with Crippen LogP contribution in [-0.4, -0.2) is 58.3 Å². The minimum Gasteiger partial charge on any atom is -0.497 e. The molecule has 1 aromatic rings. The first-order valence-electron chi connectivity index (χ1n) is 8.37. The first-order valence-corrected chi connectivity index (χ1v) is 8.37. The van der Waals surface area contributed by atoms with Crippen LogP contribution in [0.2, 0.25) is 0 Å². The Morgan fingerprint density at radius 3 is 2.33 bits per heavy atom. The van der Waals surface area contributed by atoms with Crippen molar-refractivity contribution in [2.24, 2.45) is 0 Å². The molecule has 0 aromatic heterocycles. The van der Waals surface area contributed by atoms with E-state index in [1.165, 1.54) is 22.4 Å². The molecule has 4 N–H and O–H groups in total. The molecule has 1 atom stereocenters. The zero-order chi connectivity index (χ0) is 17.5. The van der Waals surface area contributed by atoms with E-state index in [2.05, 4.69) is 22.8 Å². The van der Waals surface area contributed by atoms with Crippen molar-refractivity contribution in [3.63, 3.8) is 0 Å². The standard InChI is InChI=1S/C17H26N4O3/c1-13(16(22)19-17(23)18-2)21-10-8-20(9-11-21)12-14-4-6-15(24-3)7-5-14/h4-7,13H,8-12H2,1-3H3,(H2,18,19,22,23)/p+2/t13-/m0/s1. The third-order valence-corrected chi connectivity index (χ3v) is 4.68. The lowest BCUT2D eigenvalue weighted by atomic mass is 10.1. The molecule has 1 heterocycles. The van der Waals surface area contributed by atoms with Crippen LogP contribution in [0.4, 0.5) is 4.79 Å². The predicted molar refractivity (Wildman–Crippen MR) is 90.2 cm³/mol. The number of rotatable bonds is 5. The number of carbonyl (C=O) groups is 2. The van der Waals surface area contributed by atoms with Gasteiger partial charge in [-0.2, -0.15) is 0 Å². The Kier molecular flexibility index (Phi) is 6.57. The molecule has 1 fully saturated rings. The molecular weight excluding hydrogens is 308 g/mol. The van der Waals surface area contributed by atoms with E-state index in [1.54, 1.807) is 7.11 Å². The number of nitrogens with one attached hydrogen (secondary N) is 4. The zero-order valence-electron chi connectivity index (χ0n) is 14.6. The fourth-order valence-electron chi connectivity index (χ4n) is 3.03. The van der Waals surface area contributed by atoms with Gasteiger partial charge in [-0.25, -0.2) is 4.79 Å². The van der Waals surface area contributed by atoms with Gasteiger partial charge in [0.2, 0.25) is 0 Å². The van der Waals surface area contributed by atoms with E-state index in [1.807, 2.05) is 19.1 Å². The summed E-state index contributed by atoms with van der Waals surface area (Å²) < 4.78 is 5.18. The van der Waals surface area contributed by atoms with E-state index < -0.39 is 6.03 Å². The summed E-state index contributed by atoms with van der Waals surface area (Å²) in [5, 5.41) is 4.76. The van der Waals surface area contributed by atoms with Crippen molar-refractivity contribution >= 4 is 11.9 Å². The minimum atomic E-state index is -0.449. The predicted octanol–water partition coefficient (Wildman–Crippen LogP) is -2.18. The van der Waals surface area contributed by atoms with E-state index in [0.29, 0.717) is 0 Å². The number of quaternary nitrogens is 2. The van der Waals surface area contributed by atoms with Gasteiger partial charge in [-0.05, 0) is 31.2 Å². The van der Waals surface area contributed by atoms with Gasteiger partial charge < -0.3 is 19.9 Å². The Morgan fingerprint density at radius 2 is 1.79 bits per heavy atom. The van der Waals surface area contributed by atoms with E-state index in [-0.39, 0.29) is 11.9 Å². The number of methoxy groups -OCH3 is 1. The molecule has 7 heteroatoms. The topological polar surface area (TPSA) is 76.3 Å². The molecule has 24 heavy (non-hydrogen) atoms. The van der Waals surface area contributed by atoms with Crippen molar-refractivity contribution in [3.05, 3.63) is 29.8 Å².